The smallest absolute Gasteiger partial charge is 0.370 e. The third-order valence-corrected chi connectivity index (χ3v) is 2.66. The summed E-state index contributed by atoms with van der Waals surface area (Å²) in [6.45, 7) is 0.333. The third-order valence-electron chi connectivity index (χ3n) is 1.89. The zero-order chi connectivity index (χ0) is 13.6. The van der Waals surface area contributed by atoms with E-state index in [0.29, 0.717) is 17.0 Å². The number of halogens is 3. The second kappa shape index (κ2) is 6.64. The van der Waals surface area contributed by atoms with Crippen LogP contribution in [0, 0.1) is 0 Å². The third kappa shape index (κ3) is 4.96. The molecule has 0 aliphatic rings. The Kier molecular flexibility index (Phi) is 5.48. The highest BCUT2D eigenvalue weighted by Crippen LogP contribution is 2.14. The quantitative estimate of drug-likeness (QED) is 0.802. The number of hydrogen-bond donors (Lipinski definition) is 1. The fourth-order valence-electron chi connectivity index (χ4n) is 1.12. The van der Waals surface area contributed by atoms with Crippen molar-refractivity contribution < 1.29 is 22.7 Å². The summed E-state index contributed by atoms with van der Waals surface area (Å²) < 4.78 is 43.2. The van der Waals surface area contributed by atoms with Gasteiger partial charge in [-0.15, -0.1) is 5.10 Å². The Hall–Kier alpha value is -1.22. The molecule has 0 saturated carbocycles. The minimum atomic E-state index is -4.35. The van der Waals surface area contributed by atoms with E-state index in [0.717, 1.165) is 11.5 Å². The molecular formula is C9H12F3N3O2S. The Morgan fingerprint density at radius 1 is 1.50 bits per heavy atom. The SMILES string of the molecule is CCc1nnsc1C(=O)NCCOCC(F)(F)F. The van der Waals surface area contributed by atoms with Crippen LogP contribution < -0.4 is 5.32 Å². The van der Waals surface area contributed by atoms with Crippen molar-refractivity contribution in [1.82, 2.24) is 14.9 Å². The van der Waals surface area contributed by atoms with E-state index >= 15 is 0 Å². The monoisotopic (exact) mass is 283 g/mol. The molecule has 0 aliphatic heterocycles. The van der Waals surface area contributed by atoms with Crippen molar-refractivity contribution in [3.8, 4) is 0 Å². The van der Waals surface area contributed by atoms with Crippen LogP contribution in [0.5, 0.6) is 0 Å². The van der Waals surface area contributed by atoms with Crippen molar-refractivity contribution >= 4 is 17.4 Å². The lowest BCUT2D eigenvalue weighted by Crippen LogP contribution is -2.28. The molecule has 0 aliphatic carbocycles. The van der Waals surface area contributed by atoms with Gasteiger partial charge in [0.1, 0.15) is 11.5 Å². The lowest BCUT2D eigenvalue weighted by molar-refractivity contribution is -0.173. The van der Waals surface area contributed by atoms with Gasteiger partial charge < -0.3 is 10.1 Å². The van der Waals surface area contributed by atoms with Gasteiger partial charge in [-0.05, 0) is 18.0 Å². The molecule has 1 amide bonds. The summed E-state index contributed by atoms with van der Waals surface area (Å²) in [7, 11) is 0. The van der Waals surface area contributed by atoms with Crippen LogP contribution in [0.2, 0.25) is 0 Å². The van der Waals surface area contributed by atoms with Gasteiger partial charge in [-0.1, -0.05) is 11.4 Å². The molecule has 0 fully saturated rings. The molecule has 1 N–H and O–H groups in total. The van der Waals surface area contributed by atoms with Gasteiger partial charge in [0.2, 0.25) is 0 Å². The number of amides is 1. The molecule has 0 saturated heterocycles. The second-order valence-electron chi connectivity index (χ2n) is 3.33. The molecule has 102 valence electrons. The zero-order valence-electron chi connectivity index (χ0n) is 9.58. The summed E-state index contributed by atoms with van der Waals surface area (Å²) in [5.41, 5.74) is 0.578. The Bertz CT molecular complexity index is 395. The first-order valence-corrected chi connectivity index (χ1v) is 5.95. The number of hydrogen-bond acceptors (Lipinski definition) is 5. The molecule has 0 bridgehead atoms. The summed E-state index contributed by atoms with van der Waals surface area (Å²) in [6, 6.07) is 0. The average molecular weight is 283 g/mol. The molecule has 5 nitrogen and oxygen atoms in total. The van der Waals surface area contributed by atoms with E-state index in [9.17, 15) is 18.0 Å². The van der Waals surface area contributed by atoms with Crippen LogP contribution in [0.25, 0.3) is 0 Å². The second-order valence-corrected chi connectivity index (χ2v) is 4.08. The predicted octanol–water partition coefficient (Wildman–Crippen LogP) is 1.41. The van der Waals surface area contributed by atoms with Crippen molar-refractivity contribution in [3.63, 3.8) is 0 Å². The van der Waals surface area contributed by atoms with E-state index < -0.39 is 18.7 Å². The number of nitrogens with zero attached hydrogens (tertiary/aromatic N) is 2. The molecule has 0 spiro atoms. The Balaban J connectivity index is 2.26. The fraction of sp³-hybridized carbons (Fsp3) is 0.667. The molecule has 0 radical (unpaired) electrons. The van der Waals surface area contributed by atoms with Crippen molar-refractivity contribution in [2.24, 2.45) is 0 Å². The van der Waals surface area contributed by atoms with Gasteiger partial charge in [-0.3, -0.25) is 4.79 Å². The summed E-state index contributed by atoms with van der Waals surface area (Å²) in [5.74, 6) is -0.391. The van der Waals surface area contributed by atoms with Gasteiger partial charge >= 0.3 is 6.18 Å². The van der Waals surface area contributed by atoms with Crippen molar-refractivity contribution in [3.05, 3.63) is 10.6 Å². The molecule has 9 heteroatoms. The van der Waals surface area contributed by atoms with E-state index in [-0.39, 0.29) is 13.2 Å². The molecular weight excluding hydrogens is 271 g/mol. The largest absolute Gasteiger partial charge is 0.411 e. The minimum absolute atomic E-state index is 0.00989. The number of carbonyl (C=O) groups excluding carboxylic acids is 1. The molecule has 18 heavy (non-hydrogen) atoms. The number of rotatable bonds is 6. The van der Waals surface area contributed by atoms with Crippen LogP contribution in [0.1, 0.15) is 22.3 Å². The van der Waals surface area contributed by atoms with Crippen LogP contribution in [-0.2, 0) is 11.2 Å². The Labute approximate surface area is 105 Å². The predicted molar refractivity (Wildman–Crippen MR) is 58.5 cm³/mol. The Morgan fingerprint density at radius 3 is 2.83 bits per heavy atom. The summed E-state index contributed by atoms with van der Waals surface area (Å²) >= 11 is 0.956. The number of alkyl halides is 3. The summed E-state index contributed by atoms with van der Waals surface area (Å²) in [4.78, 5) is 12.0. The normalized spacial score (nSPS) is 11.6. The maximum Gasteiger partial charge on any atom is 0.411 e. The topological polar surface area (TPSA) is 64.1 Å². The average Bonchev–Trinajstić information content (AvgIpc) is 2.74. The highest BCUT2D eigenvalue weighted by Gasteiger charge is 2.27. The fourth-order valence-corrected chi connectivity index (χ4v) is 1.78. The number of nitrogens with one attached hydrogen (secondary N) is 1. The Morgan fingerprint density at radius 2 is 2.22 bits per heavy atom. The maximum atomic E-state index is 11.7. The van der Waals surface area contributed by atoms with E-state index in [1.807, 2.05) is 6.92 Å². The highest BCUT2D eigenvalue weighted by molar-refractivity contribution is 7.08. The number of aryl methyl sites for hydroxylation is 1. The van der Waals surface area contributed by atoms with Crippen LogP contribution in [0.4, 0.5) is 13.2 Å². The van der Waals surface area contributed by atoms with Crippen molar-refractivity contribution in [1.29, 1.82) is 0 Å². The number of aromatic nitrogens is 2. The zero-order valence-corrected chi connectivity index (χ0v) is 10.4. The maximum absolute atomic E-state index is 11.7. The number of ether oxygens (including phenoxy) is 1. The van der Waals surface area contributed by atoms with Gasteiger partial charge in [-0.2, -0.15) is 13.2 Å². The first-order chi connectivity index (χ1) is 8.44. The lowest BCUT2D eigenvalue weighted by atomic mass is 10.3. The summed E-state index contributed by atoms with van der Waals surface area (Å²) in [5, 5.41) is 6.21. The molecule has 1 rings (SSSR count). The van der Waals surface area contributed by atoms with E-state index in [4.69, 9.17) is 0 Å². The van der Waals surface area contributed by atoms with E-state index in [2.05, 4.69) is 19.6 Å². The van der Waals surface area contributed by atoms with Crippen LogP contribution in [0.3, 0.4) is 0 Å². The molecule has 0 unspecified atom stereocenters. The molecule has 0 aromatic carbocycles. The van der Waals surface area contributed by atoms with Gasteiger partial charge in [0.05, 0.1) is 12.3 Å². The molecule has 0 atom stereocenters. The first-order valence-electron chi connectivity index (χ1n) is 5.18. The lowest BCUT2D eigenvalue weighted by Gasteiger charge is -2.08. The van der Waals surface area contributed by atoms with E-state index in [1.54, 1.807) is 0 Å². The van der Waals surface area contributed by atoms with Crippen LogP contribution in [-0.4, -0.2) is 41.4 Å². The number of carbonyl (C=O) groups is 1. The molecule has 1 aromatic rings. The van der Waals surface area contributed by atoms with Crippen LogP contribution >= 0.6 is 11.5 Å². The molecule has 1 aromatic heterocycles. The standard InChI is InChI=1S/C9H12F3N3O2S/c1-2-6-7(18-15-14-6)8(16)13-3-4-17-5-9(10,11)12/h2-5H2,1H3,(H,13,16). The van der Waals surface area contributed by atoms with Gasteiger partial charge in [-0.25, -0.2) is 0 Å². The van der Waals surface area contributed by atoms with Crippen LogP contribution in [0.15, 0.2) is 0 Å². The minimum Gasteiger partial charge on any atom is -0.370 e. The van der Waals surface area contributed by atoms with Gasteiger partial charge in [0.15, 0.2) is 0 Å². The van der Waals surface area contributed by atoms with Crippen molar-refractivity contribution in [2.75, 3.05) is 19.8 Å². The van der Waals surface area contributed by atoms with Crippen molar-refractivity contribution in [2.45, 2.75) is 19.5 Å². The first kappa shape index (κ1) is 14.8. The summed E-state index contributed by atoms with van der Waals surface area (Å²) in [6.07, 6.45) is -3.77. The van der Waals surface area contributed by atoms with Gasteiger partial charge in [0, 0.05) is 6.54 Å². The highest BCUT2D eigenvalue weighted by atomic mass is 32.1. The van der Waals surface area contributed by atoms with Gasteiger partial charge in [0.25, 0.3) is 5.91 Å². The molecule has 1 heterocycles. The van der Waals surface area contributed by atoms with E-state index in [1.165, 1.54) is 0 Å².